The fraction of sp³-hybridized carbons (Fsp3) is 0.471. The van der Waals surface area contributed by atoms with E-state index in [0.29, 0.717) is 17.9 Å². The molecule has 1 aromatic carbocycles. The first kappa shape index (κ1) is 17.1. The van der Waals surface area contributed by atoms with Gasteiger partial charge in [-0.2, -0.15) is 5.10 Å². The van der Waals surface area contributed by atoms with Gasteiger partial charge in [-0.3, -0.25) is 4.79 Å². The molecular formula is C17H24N4O2. The summed E-state index contributed by atoms with van der Waals surface area (Å²) >= 11 is 0. The van der Waals surface area contributed by atoms with Crippen LogP contribution in [0, 0.1) is 13.8 Å². The van der Waals surface area contributed by atoms with Crippen LogP contribution >= 0.6 is 0 Å². The Morgan fingerprint density at radius 3 is 2.26 bits per heavy atom. The molecule has 2 rings (SSSR count). The van der Waals surface area contributed by atoms with Gasteiger partial charge in [0, 0.05) is 18.2 Å². The minimum atomic E-state index is -0.554. The number of hydrogen-bond acceptors (Lipinski definition) is 4. The van der Waals surface area contributed by atoms with Crippen LogP contribution < -0.4 is 0 Å². The van der Waals surface area contributed by atoms with Crippen LogP contribution in [-0.4, -0.2) is 49.4 Å². The van der Waals surface area contributed by atoms with Gasteiger partial charge in [-0.25, -0.2) is 9.67 Å². The van der Waals surface area contributed by atoms with Crippen molar-refractivity contribution < 1.29 is 9.90 Å². The summed E-state index contributed by atoms with van der Waals surface area (Å²) in [6, 6.07) is 7.30. The molecule has 6 nitrogen and oxygen atoms in total. The third kappa shape index (κ3) is 3.96. The van der Waals surface area contributed by atoms with Gasteiger partial charge in [0.15, 0.2) is 0 Å². The Balaban J connectivity index is 2.24. The van der Waals surface area contributed by atoms with Crippen molar-refractivity contribution in [3.63, 3.8) is 0 Å². The molecule has 0 aliphatic heterocycles. The van der Waals surface area contributed by atoms with E-state index in [-0.39, 0.29) is 11.9 Å². The third-order valence-electron chi connectivity index (χ3n) is 3.58. The lowest BCUT2D eigenvalue weighted by atomic mass is 10.1. The van der Waals surface area contributed by atoms with Gasteiger partial charge in [0.05, 0.1) is 11.8 Å². The molecule has 2 aromatic rings. The van der Waals surface area contributed by atoms with Crippen molar-refractivity contribution >= 4 is 5.91 Å². The number of hydrogen-bond donors (Lipinski definition) is 1. The smallest absolute Gasteiger partial charge is 0.254 e. The largest absolute Gasteiger partial charge is 0.392 e. The molecule has 0 aliphatic rings. The predicted molar refractivity (Wildman–Crippen MR) is 88.7 cm³/mol. The van der Waals surface area contributed by atoms with Crippen molar-refractivity contribution in [3.8, 4) is 5.69 Å². The molecule has 0 aliphatic carbocycles. The van der Waals surface area contributed by atoms with Crippen LogP contribution in [0.3, 0.4) is 0 Å². The van der Waals surface area contributed by atoms with Crippen LogP contribution in [0.5, 0.6) is 0 Å². The Morgan fingerprint density at radius 1 is 1.22 bits per heavy atom. The first-order chi connectivity index (χ1) is 10.8. The molecule has 23 heavy (non-hydrogen) atoms. The molecule has 1 amide bonds. The number of aryl methyl sites for hydroxylation is 2. The van der Waals surface area contributed by atoms with E-state index in [9.17, 15) is 9.90 Å². The fourth-order valence-corrected chi connectivity index (χ4v) is 2.49. The minimum Gasteiger partial charge on any atom is -0.392 e. The number of benzene rings is 1. The fourth-order valence-electron chi connectivity index (χ4n) is 2.49. The lowest BCUT2D eigenvalue weighted by Gasteiger charge is -2.28. The Kier molecular flexibility index (Phi) is 5.15. The van der Waals surface area contributed by atoms with Crippen LogP contribution in [0.15, 0.2) is 24.3 Å². The highest BCUT2D eigenvalue weighted by Crippen LogP contribution is 2.14. The summed E-state index contributed by atoms with van der Waals surface area (Å²) in [7, 11) is 0. The summed E-state index contributed by atoms with van der Waals surface area (Å²) in [6.45, 7) is 9.62. The van der Waals surface area contributed by atoms with Crippen molar-refractivity contribution in [1.29, 1.82) is 0 Å². The Hall–Kier alpha value is -2.21. The highest BCUT2D eigenvalue weighted by molar-refractivity contribution is 5.94. The van der Waals surface area contributed by atoms with Gasteiger partial charge in [-0.15, -0.1) is 0 Å². The third-order valence-corrected chi connectivity index (χ3v) is 3.58. The number of nitrogens with zero attached hydrogens (tertiary/aromatic N) is 4. The van der Waals surface area contributed by atoms with Crippen LogP contribution in [0.25, 0.3) is 5.69 Å². The zero-order valence-corrected chi connectivity index (χ0v) is 14.3. The Morgan fingerprint density at radius 2 is 1.83 bits per heavy atom. The van der Waals surface area contributed by atoms with Gasteiger partial charge >= 0.3 is 0 Å². The van der Waals surface area contributed by atoms with Crippen LogP contribution in [-0.2, 0) is 0 Å². The lowest BCUT2D eigenvalue weighted by Crippen LogP contribution is -2.41. The summed E-state index contributed by atoms with van der Waals surface area (Å²) in [5, 5.41) is 13.9. The maximum Gasteiger partial charge on any atom is 0.254 e. The quantitative estimate of drug-likeness (QED) is 0.917. The average molecular weight is 316 g/mol. The second-order valence-corrected chi connectivity index (χ2v) is 6.07. The zero-order valence-electron chi connectivity index (χ0n) is 14.3. The van der Waals surface area contributed by atoms with Gasteiger partial charge in [-0.1, -0.05) is 0 Å². The van der Waals surface area contributed by atoms with E-state index in [4.69, 9.17) is 0 Å². The second kappa shape index (κ2) is 6.91. The minimum absolute atomic E-state index is 0.0250. The molecule has 1 N–H and O–H groups in total. The molecule has 1 aromatic heterocycles. The molecule has 6 heteroatoms. The summed E-state index contributed by atoms with van der Waals surface area (Å²) in [4.78, 5) is 18.6. The van der Waals surface area contributed by atoms with Crippen molar-refractivity contribution in [2.24, 2.45) is 0 Å². The highest BCUT2D eigenvalue weighted by atomic mass is 16.3. The molecule has 124 valence electrons. The second-order valence-electron chi connectivity index (χ2n) is 6.07. The van der Waals surface area contributed by atoms with Crippen LogP contribution in [0.4, 0.5) is 0 Å². The normalized spacial score (nSPS) is 12.5. The van der Waals surface area contributed by atoms with Gasteiger partial charge < -0.3 is 10.0 Å². The number of carbonyl (C=O) groups excluding carboxylic acids is 1. The van der Waals surface area contributed by atoms with E-state index in [1.54, 1.807) is 28.6 Å². The van der Waals surface area contributed by atoms with Gasteiger partial charge in [0.2, 0.25) is 0 Å². The molecule has 0 fully saturated rings. The van der Waals surface area contributed by atoms with E-state index in [1.807, 2.05) is 39.8 Å². The van der Waals surface area contributed by atoms with E-state index < -0.39 is 6.10 Å². The first-order valence-corrected chi connectivity index (χ1v) is 7.79. The van der Waals surface area contributed by atoms with Gasteiger partial charge in [-0.05, 0) is 58.9 Å². The molecule has 1 unspecified atom stereocenters. The maximum atomic E-state index is 12.6. The number of aromatic nitrogens is 3. The van der Waals surface area contributed by atoms with Crippen molar-refractivity contribution in [2.45, 2.75) is 46.8 Å². The molecule has 1 heterocycles. The van der Waals surface area contributed by atoms with Gasteiger partial charge in [0.1, 0.15) is 11.6 Å². The van der Waals surface area contributed by atoms with Crippen molar-refractivity contribution in [1.82, 2.24) is 19.7 Å². The number of aliphatic hydroxyl groups excluding tert-OH is 1. The SMILES string of the molecule is Cc1nc(C)n(-c2ccc(C(=O)N(CC(C)O)C(C)C)cc2)n1. The molecule has 0 spiro atoms. The van der Waals surface area contributed by atoms with Gasteiger partial charge in [0.25, 0.3) is 5.91 Å². The number of carbonyl (C=O) groups is 1. The van der Waals surface area contributed by atoms with E-state index in [0.717, 1.165) is 11.5 Å². The van der Waals surface area contributed by atoms with E-state index >= 15 is 0 Å². The number of rotatable bonds is 5. The summed E-state index contributed by atoms with van der Waals surface area (Å²) in [5.41, 5.74) is 1.46. The van der Waals surface area contributed by atoms with Crippen LogP contribution in [0.2, 0.25) is 0 Å². The topological polar surface area (TPSA) is 71.2 Å². The molecule has 0 radical (unpaired) electrons. The average Bonchev–Trinajstić information content (AvgIpc) is 2.82. The van der Waals surface area contributed by atoms with Crippen LogP contribution in [0.1, 0.15) is 42.8 Å². The van der Waals surface area contributed by atoms with Crippen molar-refractivity contribution in [3.05, 3.63) is 41.5 Å². The van der Waals surface area contributed by atoms with E-state index in [1.165, 1.54) is 0 Å². The number of amides is 1. The van der Waals surface area contributed by atoms with Crippen molar-refractivity contribution in [2.75, 3.05) is 6.54 Å². The lowest BCUT2D eigenvalue weighted by molar-refractivity contribution is 0.0579. The summed E-state index contributed by atoms with van der Waals surface area (Å²) in [5.74, 6) is 1.43. The molecular weight excluding hydrogens is 292 g/mol. The predicted octanol–water partition coefficient (Wildman–Crippen LogP) is 2.12. The highest BCUT2D eigenvalue weighted by Gasteiger charge is 2.20. The maximum absolute atomic E-state index is 12.6. The Labute approximate surface area is 136 Å². The molecule has 0 bridgehead atoms. The summed E-state index contributed by atoms with van der Waals surface area (Å²) < 4.78 is 1.75. The molecule has 0 saturated heterocycles. The molecule has 0 saturated carbocycles. The summed E-state index contributed by atoms with van der Waals surface area (Å²) in [6.07, 6.45) is -0.554. The van der Waals surface area contributed by atoms with E-state index in [2.05, 4.69) is 10.1 Å². The first-order valence-electron chi connectivity index (χ1n) is 7.79. The number of aliphatic hydroxyl groups is 1. The Bertz CT molecular complexity index is 674. The standard InChI is InChI=1S/C17H24N4O2/c1-11(2)20(10-12(3)22)17(23)15-6-8-16(9-7-15)21-14(5)18-13(4)19-21/h6-9,11-12,22H,10H2,1-5H3. The zero-order chi connectivity index (χ0) is 17.1. The molecule has 1 atom stereocenters. The monoisotopic (exact) mass is 316 g/mol.